The minimum absolute atomic E-state index is 0.149. The maximum absolute atomic E-state index is 13.0. The number of nitrogens with zero attached hydrogens (tertiary/aromatic N) is 4. The first-order chi connectivity index (χ1) is 14.2. The van der Waals surface area contributed by atoms with Crippen LogP contribution >= 0.6 is 12.2 Å². The third-order valence-corrected chi connectivity index (χ3v) is 4.45. The Morgan fingerprint density at radius 3 is 2.40 bits per heavy atom. The van der Waals surface area contributed by atoms with E-state index in [1.54, 1.807) is 29.3 Å². The Bertz CT molecular complexity index is 878. The second kappa shape index (κ2) is 9.21. The van der Waals surface area contributed by atoms with Crippen LogP contribution in [0.5, 0.6) is 5.88 Å². The van der Waals surface area contributed by atoms with Crippen molar-refractivity contribution in [2.45, 2.75) is 26.3 Å². The number of nitrogens with one attached hydrogen (secondary N) is 2. The van der Waals surface area contributed by atoms with Crippen LogP contribution in [0.4, 0.5) is 20.7 Å². The highest BCUT2D eigenvalue weighted by Gasteiger charge is 2.23. The number of ether oxygens (including phenoxy) is 1. The lowest BCUT2D eigenvalue weighted by molar-refractivity contribution is 0.147. The van der Waals surface area contributed by atoms with Gasteiger partial charge in [-0.3, -0.25) is 0 Å². The molecule has 160 valence electrons. The molecule has 0 aliphatic carbocycles. The molecule has 0 unspecified atom stereocenters. The number of amides is 1. The van der Waals surface area contributed by atoms with Crippen LogP contribution in [0.2, 0.25) is 0 Å². The smallest absolute Gasteiger partial charge is 0.391 e. The van der Waals surface area contributed by atoms with Gasteiger partial charge in [-0.1, -0.05) is 0 Å². The molecule has 0 bridgehead atoms. The molecule has 3 rings (SSSR count). The molecule has 0 atom stereocenters. The fraction of sp³-hybridized carbons (Fsp3) is 0.400. The zero-order valence-electron chi connectivity index (χ0n) is 17.2. The summed E-state index contributed by atoms with van der Waals surface area (Å²) in [5.74, 6) is 0.526. The second-order valence-electron chi connectivity index (χ2n) is 7.89. The van der Waals surface area contributed by atoms with Crippen LogP contribution in [0.1, 0.15) is 20.8 Å². The molecule has 0 saturated carbocycles. The van der Waals surface area contributed by atoms with Gasteiger partial charge in [-0.15, -0.1) is 0 Å². The van der Waals surface area contributed by atoms with Crippen molar-refractivity contribution in [1.29, 1.82) is 0 Å². The normalized spacial score (nSPS) is 14.3. The molecule has 1 aliphatic rings. The minimum atomic E-state index is -0.458. The van der Waals surface area contributed by atoms with E-state index in [2.05, 4.69) is 20.6 Å². The van der Waals surface area contributed by atoms with Gasteiger partial charge in [0.1, 0.15) is 11.6 Å². The summed E-state index contributed by atoms with van der Waals surface area (Å²) in [7, 11) is 0. The third-order valence-electron chi connectivity index (χ3n) is 4.25. The van der Waals surface area contributed by atoms with E-state index in [1.807, 2.05) is 25.7 Å². The molecule has 2 N–H and O–H groups in total. The van der Waals surface area contributed by atoms with E-state index < -0.39 is 6.09 Å². The van der Waals surface area contributed by atoms with Crippen molar-refractivity contribution in [1.82, 2.24) is 20.2 Å². The number of anilines is 2. The van der Waals surface area contributed by atoms with E-state index in [-0.39, 0.29) is 17.2 Å². The molecule has 3 heterocycles. The van der Waals surface area contributed by atoms with Crippen LogP contribution in [0.3, 0.4) is 0 Å². The second-order valence-corrected chi connectivity index (χ2v) is 8.30. The predicted octanol–water partition coefficient (Wildman–Crippen LogP) is 3.02. The molecule has 1 amide bonds. The maximum atomic E-state index is 13.0. The number of halogens is 1. The van der Waals surface area contributed by atoms with Gasteiger partial charge < -0.3 is 25.2 Å². The van der Waals surface area contributed by atoms with Crippen LogP contribution in [0, 0.1) is 5.82 Å². The Balaban J connectivity index is 1.48. The highest BCUT2D eigenvalue weighted by atomic mass is 32.1. The van der Waals surface area contributed by atoms with Crippen LogP contribution < -0.4 is 20.3 Å². The first-order valence-corrected chi connectivity index (χ1v) is 9.99. The number of rotatable bonds is 3. The van der Waals surface area contributed by atoms with E-state index in [0.29, 0.717) is 42.8 Å². The minimum Gasteiger partial charge on any atom is -0.391 e. The van der Waals surface area contributed by atoms with Crippen molar-refractivity contribution in [3.63, 3.8) is 0 Å². The molecule has 10 heteroatoms. The zero-order chi connectivity index (χ0) is 21.7. The van der Waals surface area contributed by atoms with E-state index in [4.69, 9.17) is 17.0 Å². The highest BCUT2D eigenvalue weighted by Crippen LogP contribution is 2.16. The summed E-state index contributed by atoms with van der Waals surface area (Å²) in [6, 6.07) is 6.35. The Kier molecular flexibility index (Phi) is 6.66. The lowest BCUT2D eigenvalue weighted by Gasteiger charge is -2.34. The van der Waals surface area contributed by atoms with Crippen molar-refractivity contribution in [3.8, 4) is 5.88 Å². The molecular weight excluding hydrogens is 407 g/mol. The fourth-order valence-electron chi connectivity index (χ4n) is 2.84. The summed E-state index contributed by atoms with van der Waals surface area (Å²) in [5, 5.41) is 6.68. The average molecular weight is 433 g/mol. The van der Waals surface area contributed by atoms with Gasteiger partial charge in [0.15, 0.2) is 5.11 Å². The molecule has 1 saturated heterocycles. The lowest BCUT2D eigenvalue weighted by Crippen LogP contribution is -2.49. The summed E-state index contributed by atoms with van der Waals surface area (Å²) in [6.45, 7) is 8.16. The molecule has 30 heavy (non-hydrogen) atoms. The predicted molar refractivity (Wildman–Crippen MR) is 117 cm³/mol. The summed E-state index contributed by atoms with van der Waals surface area (Å²) in [5.41, 5.74) is 0.543. The molecule has 0 aromatic carbocycles. The lowest BCUT2D eigenvalue weighted by atomic mass is 10.1. The van der Waals surface area contributed by atoms with Crippen LogP contribution in [-0.2, 0) is 0 Å². The topological polar surface area (TPSA) is 82.6 Å². The van der Waals surface area contributed by atoms with Gasteiger partial charge in [0.05, 0.1) is 18.1 Å². The van der Waals surface area contributed by atoms with Gasteiger partial charge in [0.2, 0.25) is 5.88 Å². The summed E-state index contributed by atoms with van der Waals surface area (Å²) >= 11 is 5.25. The van der Waals surface area contributed by atoms with Gasteiger partial charge in [-0.25, -0.2) is 19.2 Å². The molecule has 2 aromatic heterocycles. The Hall–Kier alpha value is -3.01. The van der Waals surface area contributed by atoms with Crippen LogP contribution in [0.15, 0.2) is 36.7 Å². The summed E-state index contributed by atoms with van der Waals surface area (Å²) < 4.78 is 18.4. The zero-order valence-corrected chi connectivity index (χ0v) is 18.0. The van der Waals surface area contributed by atoms with Gasteiger partial charge >= 0.3 is 6.09 Å². The molecule has 1 fully saturated rings. The highest BCUT2D eigenvalue weighted by molar-refractivity contribution is 7.80. The molecule has 0 spiro atoms. The molecule has 2 aromatic rings. The van der Waals surface area contributed by atoms with Crippen LogP contribution in [-0.4, -0.2) is 57.8 Å². The van der Waals surface area contributed by atoms with Crippen molar-refractivity contribution >= 4 is 34.9 Å². The monoisotopic (exact) mass is 432 g/mol. The first-order valence-electron chi connectivity index (χ1n) is 9.58. The van der Waals surface area contributed by atoms with E-state index in [0.717, 1.165) is 0 Å². The summed E-state index contributed by atoms with van der Waals surface area (Å²) in [6.07, 6.45) is 2.28. The molecule has 8 nitrogen and oxygen atoms in total. The van der Waals surface area contributed by atoms with E-state index >= 15 is 0 Å². The third kappa shape index (κ3) is 6.24. The Morgan fingerprint density at radius 1 is 1.10 bits per heavy atom. The van der Waals surface area contributed by atoms with Crippen molar-refractivity contribution in [2.24, 2.45) is 0 Å². The van der Waals surface area contributed by atoms with Crippen molar-refractivity contribution in [2.75, 3.05) is 36.4 Å². The summed E-state index contributed by atoms with van der Waals surface area (Å²) in [4.78, 5) is 24.2. The molecular formula is C20H25FN6O2S. The number of hydrogen-bond donors (Lipinski definition) is 2. The first kappa shape index (κ1) is 21.7. The average Bonchev–Trinajstić information content (AvgIpc) is 2.69. The largest absolute Gasteiger partial charge is 0.416 e. The van der Waals surface area contributed by atoms with Crippen molar-refractivity contribution < 1.29 is 13.9 Å². The number of pyridine rings is 2. The van der Waals surface area contributed by atoms with Crippen LogP contribution in [0.25, 0.3) is 0 Å². The number of carbonyl (C=O) groups excluding carboxylic acids is 1. The SMILES string of the molecule is CC(C)(C)NC(=S)Nc1ccc(OC(=O)N2CCN(c3ccc(F)cn3)CC2)nc1. The number of hydrogen-bond acceptors (Lipinski definition) is 6. The Morgan fingerprint density at radius 2 is 1.83 bits per heavy atom. The number of piperazine rings is 1. The number of aromatic nitrogens is 2. The molecule has 0 radical (unpaired) electrons. The quantitative estimate of drug-likeness (QED) is 0.717. The van der Waals surface area contributed by atoms with Crippen molar-refractivity contribution in [3.05, 3.63) is 42.5 Å². The maximum Gasteiger partial charge on any atom is 0.416 e. The van der Waals surface area contributed by atoms with E-state index in [9.17, 15) is 9.18 Å². The molecule has 1 aliphatic heterocycles. The van der Waals surface area contributed by atoms with Gasteiger partial charge in [0.25, 0.3) is 0 Å². The van der Waals surface area contributed by atoms with Gasteiger partial charge in [0, 0.05) is 37.8 Å². The van der Waals surface area contributed by atoms with Gasteiger partial charge in [-0.05, 0) is 51.2 Å². The van der Waals surface area contributed by atoms with E-state index in [1.165, 1.54) is 12.3 Å². The van der Waals surface area contributed by atoms with Gasteiger partial charge in [-0.2, -0.15) is 0 Å². The Labute approximate surface area is 180 Å². The fourth-order valence-corrected chi connectivity index (χ4v) is 3.27. The standard InChI is InChI=1S/C20H25FN6O2S/c1-20(2,3)25-18(30)24-15-5-7-17(23-13-15)29-19(28)27-10-8-26(9-11-27)16-6-4-14(21)12-22-16/h4-7,12-13H,8-11H2,1-3H3,(H2,24,25,30). The number of thiocarbonyl (C=S) groups is 1. The number of carbonyl (C=O) groups is 1.